The van der Waals surface area contributed by atoms with Crippen LogP contribution in [0, 0.1) is 0 Å². The molecule has 1 aliphatic rings. The predicted octanol–water partition coefficient (Wildman–Crippen LogP) is 5.02. The van der Waals surface area contributed by atoms with Crippen LogP contribution >= 0.6 is 0 Å². The van der Waals surface area contributed by atoms with Gasteiger partial charge < -0.3 is 14.4 Å². The summed E-state index contributed by atoms with van der Waals surface area (Å²) in [6.07, 6.45) is -5.08. The lowest BCUT2D eigenvalue weighted by Gasteiger charge is -2.36. The van der Waals surface area contributed by atoms with Crippen LogP contribution in [0.4, 0.5) is 29.3 Å². The lowest BCUT2D eigenvalue weighted by atomic mass is 10.1. The van der Waals surface area contributed by atoms with Crippen molar-refractivity contribution in [2.24, 2.45) is 0 Å². The zero-order chi connectivity index (χ0) is 24.8. The lowest BCUT2D eigenvalue weighted by molar-refractivity contribution is -0.140. The molecular weight excluding hydrogens is 461 g/mol. The van der Waals surface area contributed by atoms with E-state index < -0.39 is 18.0 Å². The largest absolute Gasteiger partial charge is 0.492 e. The topological polar surface area (TPSA) is 66.9 Å². The number of fused-ring (bicyclic) bond motifs is 1. The summed E-state index contributed by atoms with van der Waals surface area (Å²) in [4.78, 5) is 20.0. The molecule has 2 heterocycles. The number of benzene rings is 2. The Hall–Kier alpha value is -3.53. The third kappa shape index (κ3) is 6.13. The van der Waals surface area contributed by atoms with Crippen molar-refractivity contribution in [3.05, 3.63) is 60.3 Å². The molecule has 1 aromatic heterocycles. The number of anilines is 2. The van der Waals surface area contributed by atoms with Crippen LogP contribution in [0.1, 0.15) is 12.6 Å². The van der Waals surface area contributed by atoms with Crippen LogP contribution in [-0.4, -0.2) is 61.9 Å². The van der Waals surface area contributed by atoms with Crippen molar-refractivity contribution in [3.63, 3.8) is 0 Å². The van der Waals surface area contributed by atoms with E-state index in [0.29, 0.717) is 67.4 Å². The number of amides is 1. The number of aromatic nitrogens is 1. The van der Waals surface area contributed by atoms with E-state index in [2.05, 4.69) is 15.2 Å². The van der Waals surface area contributed by atoms with E-state index in [1.54, 1.807) is 42.5 Å². The number of hydrogen-bond acceptors (Lipinski definition) is 6. The number of hydrogen-bond donors (Lipinski definition) is 1. The van der Waals surface area contributed by atoms with Crippen LogP contribution in [0.3, 0.4) is 0 Å². The molecule has 10 heteroatoms. The predicted molar refractivity (Wildman–Crippen MR) is 128 cm³/mol. The van der Waals surface area contributed by atoms with Gasteiger partial charge in [0.1, 0.15) is 18.1 Å². The summed E-state index contributed by atoms with van der Waals surface area (Å²) < 4.78 is 51.0. The first-order valence-electron chi connectivity index (χ1n) is 11.4. The zero-order valence-electron chi connectivity index (χ0n) is 19.3. The van der Waals surface area contributed by atoms with Crippen molar-refractivity contribution in [1.29, 1.82) is 0 Å². The van der Waals surface area contributed by atoms with E-state index in [0.717, 1.165) is 6.07 Å². The fourth-order valence-electron chi connectivity index (χ4n) is 4.04. The van der Waals surface area contributed by atoms with Crippen LogP contribution in [0.15, 0.2) is 54.6 Å². The van der Waals surface area contributed by atoms with Crippen molar-refractivity contribution in [3.8, 4) is 5.75 Å². The molecule has 1 amide bonds. The molecule has 186 valence electrons. The van der Waals surface area contributed by atoms with E-state index in [9.17, 15) is 18.0 Å². The normalized spacial score (nSPS) is 14.7. The van der Waals surface area contributed by atoms with Gasteiger partial charge >= 0.3 is 12.3 Å². The van der Waals surface area contributed by atoms with Gasteiger partial charge in [-0.3, -0.25) is 10.2 Å². The number of pyridine rings is 1. The molecule has 7 nitrogen and oxygen atoms in total. The second-order valence-corrected chi connectivity index (χ2v) is 8.06. The van der Waals surface area contributed by atoms with Crippen LogP contribution in [-0.2, 0) is 10.9 Å². The number of nitrogens with zero attached hydrogens (tertiary/aromatic N) is 3. The van der Waals surface area contributed by atoms with Crippen molar-refractivity contribution in [2.75, 3.05) is 56.2 Å². The average molecular weight is 489 g/mol. The SMILES string of the molecule is CCOc1ccccc1NC(=O)OCCN1CCN(c2cc(C(F)(F)F)nc3ccccc23)CC1. The van der Waals surface area contributed by atoms with Crippen LogP contribution in [0.2, 0.25) is 0 Å². The summed E-state index contributed by atoms with van der Waals surface area (Å²) >= 11 is 0. The molecule has 4 rings (SSSR count). The van der Waals surface area contributed by atoms with Crippen LogP contribution in [0.25, 0.3) is 10.9 Å². The first-order chi connectivity index (χ1) is 16.8. The highest BCUT2D eigenvalue weighted by Gasteiger charge is 2.34. The first kappa shape index (κ1) is 24.6. The Balaban J connectivity index is 1.31. The van der Waals surface area contributed by atoms with Gasteiger partial charge in [-0.2, -0.15) is 13.2 Å². The van der Waals surface area contributed by atoms with Crippen molar-refractivity contribution in [2.45, 2.75) is 13.1 Å². The second kappa shape index (κ2) is 10.8. The Kier molecular flexibility index (Phi) is 7.60. The summed E-state index contributed by atoms with van der Waals surface area (Å²) in [6, 6.07) is 15.1. The quantitative estimate of drug-likeness (QED) is 0.504. The molecule has 0 radical (unpaired) electrons. The highest BCUT2D eigenvalue weighted by atomic mass is 19.4. The summed E-state index contributed by atoms with van der Waals surface area (Å²) in [6.45, 7) is 5.44. The number of piperazine rings is 1. The molecule has 1 N–H and O–H groups in total. The van der Waals surface area contributed by atoms with Crippen molar-refractivity contribution >= 4 is 28.4 Å². The fraction of sp³-hybridized carbons (Fsp3) is 0.360. The maximum Gasteiger partial charge on any atom is 0.433 e. The molecular formula is C25H27F3N4O3. The zero-order valence-corrected chi connectivity index (χ0v) is 19.3. The third-order valence-electron chi connectivity index (χ3n) is 5.76. The average Bonchev–Trinajstić information content (AvgIpc) is 2.85. The highest BCUT2D eigenvalue weighted by molar-refractivity contribution is 5.92. The smallest absolute Gasteiger partial charge is 0.433 e. The Morgan fingerprint density at radius 2 is 1.77 bits per heavy atom. The number of nitrogens with one attached hydrogen (secondary N) is 1. The molecule has 0 spiro atoms. The van der Waals surface area contributed by atoms with Crippen molar-refractivity contribution in [1.82, 2.24) is 9.88 Å². The van der Waals surface area contributed by atoms with Crippen LogP contribution in [0.5, 0.6) is 5.75 Å². The number of halogens is 3. The number of carbonyl (C=O) groups is 1. The number of para-hydroxylation sites is 3. The van der Waals surface area contributed by atoms with Gasteiger partial charge in [0.25, 0.3) is 0 Å². The summed E-state index contributed by atoms with van der Waals surface area (Å²) in [7, 11) is 0. The number of ether oxygens (including phenoxy) is 2. The molecule has 0 saturated carbocycles. The minimum absolute atomic E-state index is 0.193. The molecule has 0 unspecified atom stereocenters. The molecule has 3 aromatic rings. The fourth-order valence-corrected chi connectivity index (χ4v) is 4.04. The van der Waals surface area contributed by atoms with Gasteiger partial charge in [0.15, 0.2) is 0 Å². The minimum Gasteiger partial charge on any atom is -0.492 e. The van der Waals surface area contributed by atoms with Gasteiger partial charge in [-0.05, 0) is 31.2 Å². The first-order valence-corrected chi connectivity index (χ1v) is 11.4. The standard InChI is InChI=1S/C25H27F3N4O3/c1-2-34-22-10-6-5-9-20(22)30-24(33)35-16-15-31-11-13-32(14-12-31)21-17-23(25(26,27)28)29-19-8-4-3-7-18(19)21/h3-10,17H,2,11-16H2,1H3,(H,30,33). The monoisotopic (exact) mass is 488 g/mol. The van der Waals surface area contributed by atoms with Gasteiger partial charge in [-0.15, -0.1) is 0 Å². The molecule has 1 saturated heterocycles. The molecule has 2 aromatic carbocycles. The van der Waals surface area contributed by atoms with Gasteiger partial charge in [-0.1, -0.05) is 30.3 Å². The minimum atomic E-state index is -4.51. The van der Waals surface area contributed by atoms with E-state index in [4.69, 9.17) is 9.47 Å². The molecule has 35 heavy (non-hydrogen) atoms. The van der Waals surface area contributed by atoms with Gasteiger partial charge in [0.2, 0.25) is 0 Å². The van der Waals surface area contributed by atoms with Gasteiger partial charge in [-0.25, -0.2) is 9.78 Å². The highest BCUT2D eigenvalue weighted by Crippen LogP contribution is 2.35. The van der Waals surface area contributed by atoms with E-state index >= 15 is 0 Å². The lowest BCUT2D eigenvalue weighted by Crippen LogP contribution is -2.47. The number of carbonyl (C=O) groups excluding carboxylic acids is 1. The van der Waals surface area contributed by atoms with Crippen LogP contribution < -0.4 is 15.0 Å². The molecule has 0 bridgehead atoms. The third-order valence-corrected chi connectivity index (χ3v) is 5.76. The van der Waals surface area contributed by atoms with Crippen molar-refractivity contribution < 1.29 is 27.4 Å². The van der Waals surface area contributed by atoms with E-state index in [-0.39, 0.29) is 6.61 Å². The maximum atomic E-state index is 13.4. The summed E-state index contributed by atoms with van der Waals surface area (Å²) in [5.74, 6) is 0.570. The number of rotatable bonds is 7. The molecule has 0 aliphatic carbocycles. The molecule has 1 aliphatic heterocycles. The number of alkyl halides is 3. The van der Waals surface area contributed by atoms with Gasteiger partial charge in [0, 0.05) is 43.8 Å². The summed E-state index contributed by atoms with van der Waals surface area (Å²) in [5.41, 5.74) is 0.506. The maximum absolute atomic E-state index is 13.4. The Morgan fingerprint density at radius 3 is 2.51 bits per heavy atom. The Labute approximate surface area is 201 Å². The molecule has 0 atom stereocenters. The van der Waals surface area contributed by atoms with Gasteiger partial charge in [0.05, 0.1) is 17.8 Å². The Bertz CT molecular complexity index is 1160. The van der Waals surface area contributed by atoms with E-state index in [1.165, 1.54) is 0 Å². The Morgan fingerprint density at radius 1 is 1.06 bits per heavy atom. The molecule has 1 fully saturated rings. The summed E-state index contributed by atoms with van der Waals surface area (Å²) in [5, 5.41) is 3.38. The second-order valence-electron chi connectivity index (χ2n) is 8.06. The van der Waals surface area contributed by atoms with E-state index in [1.807, 2.05) is 17.9 Å².